The predicted molar refractivity (Wildman–Crippen MR) is 112 cm³/mol. The van der Waals surface area contributed by atoms with E-state index in [0.717, 1.165) is 9.13 Å². The van der Waals surface area contributed by atoms with E-state index in [1.54, 1.807) is 30.3 Å². The second kappa shape index (κ2) is 8.90. The number of carbonyl (C=O) groups is 3. The number of carboxylic acid groups (broad SMARTS) is 1. The van der Waals surface area contributed by atoms with E-state index in [0.29, 0.717) is 16.2 Å². The Morgan fingerprint density at radius 1 is 1.23 bits per heavy atom. The molecule has 154 valence electrons. The minimum absolute atomic E-state index is 0.00110. The van der Waals surface area contributed by atoms with Crippen LogP contribution in [-0.4, -0.2) is 39.4 Å². The number of urea groups is 1. The molecule has 0 bridgehead atoms. The number of imide groups is 1. The van der Waals surface area contributed by atoms with Crippen molar-refractivity contribution < 1.29 is 29.2 Å². The van der Waals surface area contributed by atoms with Gasteiger partial charge in [0, 0.05) is 12.1 Å². The number of nitrogens with one attached hydrogen (secondary N) is 1. The Balaban J connectivity index is 1.68. The number of nitro groups is 1. The minimum atomic E-state index is -1.29. The zero-order valence-corrected chi connectivity index (χ0v) is 17.4. The molecule has 30 heavy (non-hydrogen) atoms. The van der Waals surface area contributed by atoms with Crippen LogP contribution in [0.4, 0.5) is 10.5 Å². The Labute approximate surface area is 183 Å². The van der Waals surface area contributed by atoms with E-state index in [-0.39, 0.29) is 18.0 Å². The van der Waals surface area contributed by atoms with E-state index >= 15 is 0 Å². The number of rotatable bonds is 7. The van der Waals surface area contributed by atoms with Crippen molar-refractivity contribution in [1.29, 1.82) is 0 Å². The molecular weight excluding hydrogens is 509 g/mol. The van der Waals surface area contributed by atoms with Gasteiger partial charge < -0.3 is 15.2 Å². The molecule has 11 heteroatoms. The maximum absolute atomic E-state index is 12.2. The average molecular weight is 523 g/mol. The molecule has 1 aliphatic rings. The van der Waals surface area contributed by atoms with Gasteiger partial charge in [0.25, 0.3) is 11.6 Å². The third kappa shape index (κ3) is 4.92. The van der Waals surface area contributed by atoms with Crippen molar-refractivity contribution >= 4 is 52.3 Å². The topological polar surface area (TPSA) is 139 Å². The number of aliphatic carboxylic acids is 1. The van der Waals surface area contributed by atoms with Gasteiger partial charge in [-0.05, 0) is 64.1 Å². The quantitative estimate of drug-likeness (QED) is 0.187. The highest BCUT2D eigenvalue weighted by molar-refractivity contribution is 14.1. The molecule has 2 N–H and O–H groups in total. The maximum atomic E-state index is 12.2. The number of carbonyl (C=O) groups excluding carboxylic acids is 2. The lowest BCUT2D eigenvalue weighted by Gasteiger charge is -2.09. The number of halogens is 1. The molecule has 0 radical (unpaired) electrons. The highest BCUT2D eigenvalue weighted by Gasteiger charge is 2.34. The van der Waals surface area contributed by atoms with Gasteiger partial charge in [0.1, 0.15) is 24.6 Å². The summed E-state index contributed by atoms with van der Waals surface area (Å²) >= 11 is 2.05. The van der Waals surface area contributed by atoms with Crippen molar-refractivity contribution in [3.8, 4) is 5.75 Å². The number of hydrogen-bond acceptors (Lipinski definition) is 6. The van der Waals surface area contributed by atoms with Gasteiger partial charge >= 0.3 is 12.0 Å². The molecule has 3 amide bonds. The second-order valence-corrected chi connectivity index (χ2v) is 7.34. The summed E-state index contributed by atoms with van der Waals surface area (Å²) < 4.78 is 6.48. The molecule has 0 atom stereocenters. The van der Waals surface area contributed by atoms with Crippen LogP contribution in [-0.2, 0) is 16.2 Å². The normalized spacial score (nSPS) is 14.7. The molecule has 0 spiro atoms. The monoisotopic (exact) mass is 523 g/mol. The van der Waals surface area contributed by atoms with Gasteiger partial charge in [-0.3, -0.25) is 19.7 Å². The second-order valence-electron chi connectivity index (χ2n) is 6.18. The highest BCUT2D eigenvalue weighted by atomic mass is 127. The van der Waals surface area contributed by atoms with Crippen molar-refractivity contribution in [3.63, 3.8) is 0 Å². The Morgan fingerprint density at radius 2 is 1.93 bits per heavy atom. The first-order chi connectivity index (χ1) is 14.2. The first kappa shape index (κ1) is 21.2. The van der Waals surface area contributed by atoms with Crippen LogP contribution in [0.2, 0.25) is 0 Å². The number of amides is 3. The highest BCUT2D eigenvalue weighted by Crippen LogP contribution is 2.25. The predicted octanol–water partition coefficient (Wildman–Crippen LogP) is 2.76. The average Bonchev–Trinajstić information content (AvgIpc) is 2.94. The number of hydrogen-bond donors (Lipinski definition) is 2. The standard InChI is InChI=1S/C19H14IN3O7/c20-14-7-12(8-15-18(26)22(9-17(24)25)19(27)21-15)3-6-16(14)30-10-11-1-4-13(5-2-11)23(28)29/h1-8H,9-10H2,(H,21,27)(H,24,25)/b15-8+. The molecule has 10 nitrogen and oxygen atoms in total. The SMILES string of the molecule is O=C(O)CN1C(=O)N/C(=C/c2ccc(OCc3ccc([N+](=O)[O-])cc3)c(I)c2)C1=O. The fraction of sp³-hybridized carbons (Fsp3) is 0.105. The summed E-state index contributed by atoms with van der Waals surface area (Å²) in [5.41, 5.74) is 1.36. The first-order valence-electron chi connectivity index (χ1n) is 8.46. The van der Waals surface area contributed by atoms with E-state index in [4.69, 9.17) is 9.84 Å². The molecule has 0 aliphatic carbocycles. The lowest BCUT2D eigenvalue weighted by molar-refractivity contribution is -0.384. The van der Waals surface area contributed by atoms with E-state index in [1.165, 1.54) is 18.2 Å². The van der Waals surface area contributed by atoms with Crippen LogP contribution >= 0.6 is 22.6 Å². The van der Waals surface area contributed by atoms with Gasteiger partial charge in [0.05, 0.1) is 8.49 Å². The van der Waals surface area contributed by atoms with Crippen LogP contribution in [0.1, 0.15) is 11.1 Å². The Morgan fingerprint density at radius 3 is 2.53 bits per heavy atom. The molecular formula is C19H14IN3O7. The van der Waals surface area contributed by atoms with Crippen LogP contribution < -0.4 is 10.1 Å². The lowest BCUT2D eigenvalue weighted by Crippen LogP contribution is -2.35. The third-order valence-corrected chi connectivity index (χ3v) is 4.91. The van der Waals surface area contributed by atoms with Crippen LogP contribution in [0, 0.1) is 13.7 Å². The molecule has 1 heterocycles. The van der Waals surface area contributed by atoms with Crippen molar-refractivity contribution in [2.45, 2.75) is 6.61 Å². The number of non-ortho nitro benzene ring substituents is 1. The lowest BCUT2D eigenvalue weighted by atomic mass is 10.2. The molecule has 2 aromatic rings. The molecule has 3 rings (SSSR count). The van der Waals surface area contributed by atoms with Crippen molar-refractivity contribution in [2.24, 2.45) is 0 Å². The van der Waals surface area contributed by atoms with Crippen molar-refractivity contribution in [3.05, 3.63) is 73.0 Å². The van der Waals surface area contributed by atoms with E-state index < -0.39 is 29.4 Å². The number of ether oxygens (including phenoxy) is 1. The van der Waals surface area contributed by atoms with Gasteiger partial charge in [-0.1, -0.05) is 6.07 Å². The summed E-state index contributed by atoms with van der Waals surface area (Å²) in [6, 6.07) is 10.3. The van der Waals surface area contributed by atoms with Crippen LogP contribution in [0.3, 0.4) is 0 Å². The number of benzene rings is 2. The maximum Gasteiger partial charge on any atom is 0.329 e. The zero-order chi connectivity index (χ0) is 21.8. The van der Waals surface area contributed by atoms with Crippen LogP contribution in [0.15, 0.2) is 48.2 Å². The van der Waals surface area contributed by atoms with Gasteiger partial charge in [-0.25, -0.2) is 9.69 Å². The van der Waals surface area contributed by atoms with Crippen molar-refractivity contribution in [2.75, 3.05) is 6.54 Å². The molecule has 0 saturated carbocycles. The Hall–Kier alpha value is -3.48. The summed E-state index contributed by atoms with van der Waals surface area (Å²) in [6.45, 7) is -0.498. The molecule has 1 aliphatic heterocycles. The summed E-state index contributed by atoms with van der Waals surface area (Å²) in [5.74, 6) is -1.43. The molecule has 2 aromatic carbocycles. The van der Waals surface area contributed by atoms with Crippen LogP contribution in [0.25, 0.3) is 6.08 Å². The smallest absolute Gasteiger partial charge is 0.329 e. The number of carboxylic acids is 1. The summed E-state index contributed by atoms with van der Waals surface area (Å²) in [6.07, 6.45) is 1.45. The van der Waals surface area contributed by atoms with Gasteiger partial charge in [-0.15, -0.1) is 0 Å². The summed E-state index contributed by atoms with van der Waals surface area (Å²) in [4.78, 5) is 45.5. The number of nitrogens with zero attached hydrogens (tertiary/aromatic N) is 2. The summed E-state index contributed by atoms with van der Waals surface area (Å²) in [7, 11) is 0. The Kier molecular flexibility index (Phi) is 6.30. The summed E-state index contributed by atoms with van der Waals surface area (Å²) in [5, 5.41) is 21.8. The number of nitro benzene ring substituents is 1. The minimum Gasteiger partial charge on any atom is -0.488 e. The Bertz CT molecular complexity index is 1070. The zero-order valence-electron chi connectivity index (χ0n) is 15.2. The van der Waals surface area contributed by atoms with Gasteiger partial charge in [0.2, 0.25) is 0 Å². The fourth-order valence-corrected chi connectivity index (χ4v) is 3.31. The third-order valence-electron chi connectivity index (χ3n) is 4.06. The van der Waals surface area contributed by atoms with Crippen LogP contribution in [0.5, 0.6) is 5.75 Å². The van der Waals surface area contributed by atoms with E-state index in [9.17, 15) is 24.5 Å². The fourth-order valence-electron chi connectivity index (χ4n) is 2.62. The molecule has 0 aromatic heterocycles. The molecule has 1 fully saturated rings. The van der Waals surface area contributed by atoms with Gasteiger partial charge in [-0.2, -0.15) is 0 Å². The van der Waals surface area contributed by atoms with Gasteiger partial charge in [0.15, 0.2) is 0 Å². The van der Waals surface area contributed by atoms with E-state index in [1.807, 2.05) is 0 Å². The van der Waals surface area contributed by atoms with E-state index in [2.05, 4.69) is 27.9 Å². The van der Waals surface area contributed by atoms with Crippen molar-refractivity contribution in [1.82, 2.24) is 10.2 Å². The largest absolute Gasteiger partial charge is 0.488 e. The first-order valence-corrected chi connectivity index (χ1v) is 9.54. The molecule has 0 unspecified atom stereocenters. The molecule has 1 saturated heterocycles.